The van der Waals surface area contributed by atoms with E-state index in [1.807, 2.05) is 14.1 Å². The minimum Gasteiger partial charge on any atom is -0.379 e. The predicted molar refractivity (Wildman–Crippen MR) is 123 cm³/mol. The number of nitrogens with zero attached hydrogens (tertiary/aromatic N) is 3. The van der Waals surface area contributed by atoms with Crippen molar-refractivity contribution in [3.63, 3.8) is 0 Å². The summed E-state index contributed by atoms with van der Waals surface area (Å²) in [6.45, 7) is 7.64. The largest absolute Gasteiger partial charge is 0.379 e. The molecular formula is C22H37N5O2S. The van der Waals surface area contributed by atoms with Crippen LogP contribution in [-0.2, 0) is 9.53 Å². The fourth-order valence-electron chi connectivity index (χ4n) is 4.51. The third-order valence-corrected chi connectivity index (χ3v) is 7.10. The van der Waals surface area contributed by atoms with Crippen LogP contribution < -0.4 is 10.6 Å². The van der Waals surface area contributed by atoms with Gasteiger partial charge < -0.3 is 20.3 Å². The molecule has 2 aliphatic rings. The van der Waals surface area contributed by atoms with Crippen molar-refractivity contribution < 1.29 is 9.53 Å². The average molecular weight is 436 g/mol. The van der Waals surface area contributed by atoms with E-state index < -0.39 is 0 Å². The Labute approximate surface area is 184 Å². The van der Waals surface area contributed by atoms with Crippen LogP contribution in [0.15, 0.2) is 22.5 Å². The maximum absolute atomic E-state index is 12.9. The quantitative estimate of drug-likeness (QED) is 0.485. The number of guanidine groups is 1. The number of hydrogen-bond acceptors (Lipinski definition) is 5. The molecule has 1 aromatic rings. The van der Waals surface area contributed by atoms with E-state index in [0.717, 1.165) is 71.0 Å². The Morgan fingerprint density at radius 3 is 2.63 bits per heavy atom. The summed E-state index contributed by atoms with van der Waals surface area (Å²) in [4.78, 5) is 23.3. The first kappa shape index (κ1) is 23.0. The van der Waals surface area contributed by atoms with Gasteiger partial charge in [-0.2, -0.15) is 0 Å². The Balaban J connectivity index is 1.69. The lowest BCUT2D eigenvalue weighted by Gasteiger charge is -2.34. The maximum Gasteiger partial charge on any atom is 0.230 e. The summed E-state index contributed by atoms with van der Waals surface area (Å²) in [5.41, 5.74) is -0.344. The van der Waals surface area contributed by atoms with Crippen LogP contribution in [0.1, 0.15) is 43.5 Å². The molecule has 1 amide bonds. The highest BCUT2D eigenvalue weighted by atomic mass is 32.1. The smallest absolute Gasteiger partial charge is 0.230 e. The first-order chi connectivity index (χ1) is 14.6. The van der Waals surface area contributed by atoms with Crippen LogP contribution in [0.5, 0.6) is 0 Å². The summed E-state index contributed by atoms with van der Waals surface area (Å²) in [6, 6.07) is 4.62. The molecule has 0 bridgehead atoms. The molecule has 1 aliphatic heterocycles. The van der Waals surface area contributed by atoms with E-state index in [1.54, 1.807) is 16.2 Å². The Hall–Kier alpha value is -1.64. The van der Waals surface area contributed by atoms with Gasteiger partial charge in [-0.3, -0.25) is 14.7 Å². The molecule has 1 aromatic heterocycles. The van der Waals surface area contributed by atoms with Crippen molar-refractivity contribution in [2.45, 2.75) is 38.6 Å². The Kier molecular flexibility index (Phi) is 8.53. The molecule has 1 saturated carbocycles. The number of thiophene rings is 1. The van der Waals surface area contributed by atoms with Gasteiger partial charge in [-0.25, -0.2) is 0 Å². The predicted octanol–water partition coefficient (Wildman–Crippen LogP) is 2.33. The van der Waals surface area contributed by atoms with Gasteiger partial charge in [-0.1, -0.05) is 18.9 Å². The normalized spacial score (nSPS) is 20.7. The zero-order chi connectivity index (χ0) is 21.4. The van der Waals surface area contributed by atoms with Crippen molar-refractivity contribution in [1.82, 2.24) is 20.4 Å². The van der Waals surface area contributed by atoms with Gasteiger partial charge in [0.15, 0.2) is 5.96 Å². The average Bonchev–Trinajstić information content (AvgIpc) is 3.45. The van der Waals surface area contributed by atoms with Gasteiger partial charge in [-0.15, -0.1) is 11.3 Å². The number of rotatable bonds is 8. The van der Waals surface area contributed by atoms with E-state index in [1.165, 1.54) is 4.88 Å². The summed E-state index contributed by atoms with van der Waals surface area (Å²) in [7, 11) is 3.70. The lowest BCUT2D eigenvalue weighted by atomic mass is 9.85. The summed E-state index contributed by atoms with van der Waals surface area (Å²) in [5.74, 6) is 1.01. The number of aliphatic imine (C=N–C) groups is 1. The molecular weight excluding hydrogens is 398 g/mol. The lowest BCUT2D eigenvalue weighted by molar-refractivity contribution is -0.138. The highest BCUT2D eigenvalue weighted by molar-refractivity contribution is 7.10. The van der Waals surface area contributed by atoms with E-state index in [2.05, 4.69) is 40.0 Å². The highest BCUT2D eigenvalue weighted by Crippen LogP contribution is 2.39. The van der Waals surface area contributed by atoms with Gasteiger partial charge in [0.25, 0.3) is 0 Å². The van der Waals surface area contributed by atoms with Crippen molar-refractivity contribution in [3.05, 3.63) is 22.4 Å². The van der Waals surface area contributed by atoms with Crippen LogP contribution in [0.25, 0.3) is 0 Å². The second-order valence-corrected chi connectivity index (χ2v) is 9.42. The summed E-state index contributed by atoms with van der Waals surface area (Å²) >= 11 is 1.80. The van der Waals surface area contributed by atoms with E-state index >= 15 is 0 Å². The van der Waals surface area contributed by atoms with Crippen molar-refractivity contribution in [1.29, 1.82) is 0 Å². The van der Waals surface area contributed by atoms with Gasteiger partial charge in [0.05, 0.1) is 31.2 Å². The zero-order valence-corrected chi connectivity index (χ0v) is 19.5. The highest BCUT2D eigenvalue weighted by Gasteiger charge is 2.42. The molecule has 168 valence electrons. The molecule has 1 saturated heterocycles. The summed E-state index contributed by atoms with van der Waals surface area (Å²) in [5, 5.41) is 9.06. The molecule has 2 N–H and O–H groups in total. The first-order valence-corrected chi connectivity index (χ1v) is 12.0. The first-order valence-electron chi connectivity index (χ1n) is 11.1. The van der Waals surface area contributed by atoms with Crippen LogP contribution in [-0.4, -0.2) is 81.7 Å². The standard InChI is InChI=1S/C22H37N5O2S/c1-4-23-21(25-17-22(9-5-6-10-22)20(28)26(2)3)24-16-18(19-8-7-15-30-19)27-11-13-29-14-12-27/h7-8,15,18H,4-6,9-14,16-17H2,1-3H3,(H2,23,24,25). The molecule has 30 heavy (non-hydrogen) atoms. The number of carbonyl (C=O) groups excluding carboxylic acids is 1. The van der Waals surface area contributed by atoms with E-state index in [0.29, 0.717) is 12.6 Å². The monoisotopic (exact) mass is 435 g/mol. The lowest BCUT2D eigenvalue weighted by Crippen LogP contribution is -2.47. The SMILES string of the molecule is CCNC(=NCC1(C(=O)N(C)C)CCCC1)NCC(c1cccs1)N1CCOCC1. The fourth-order valence-corrected chi connectivity index (χ4v) is 5.37. The van der Waals surface area contributed by atoms with Crippen LogP contribution in [0.3, 0.4) is 0 Å². The third kappa shape index (κ3) is 5.74. The third-order valence-electron chi connectivity index (χ3n) is 6.13. The second-order valence-electron chi connectivity index (χ2n) is 8.44. The summed E-state index contributed by atoms with van der Waals surface area (Å²) < 4.78 is 5.55. The van der Waals surface area contributed by atoms with E-state index in [4.69, 9.17) is 9.73 Å². The molecule has 7 nitrogen and oxygen atoms in total. The minimum atomic E-state index is -0.344. The second kappa shape index (κ2) is 11.1. The fraction of sp³-hybridized carbons (Fsp3) is 0.727. The zero-order valence-electron chi connectivity index (χ0n) is 18.7. The van der Waals surface area contributed by atoms with Crippen LogP contribution in [0.4, 0.5) is 0 Å². The van der Waals surface area contributed by atoms with Crippen LogP contribution in [0, 0.1) is 5.41 Å². The van der Waals surface area contributed by atoms with Gasteiger partial charge in [0.2, 0.25) is 5.91 Å². The summed E-state index contributed by atoms with van der Waals surface area (Å²) in [6.07, 6.45) is 4.07. The molecule has 1 aliphatic carbocycles. The molecule has 1 atom stereocenters. The molecule has 0 spiro atoms. The van der Waals surface area contributed by atoms with Crippen molar-refractivity contribution >= 4 is 23.2 Å². The molecule has 1 unspecified atom stereocenters. The molecule has 0 aromatic carbocycles. The Bertz CT molecular complexity index is 680. The number of carbonyl (C=O) groups is 1. The van der Waals surface area contributed by atoms with Crippen LogP contribution >= 0.6 is 11.3 Å². The number of ether oxygens (including phenoxy) is 1. The number of morpholine rings is 1. The molecule has 2 fully saturated rings. The topological polar surface area (TPSA) is 69.2 Å². The Morgan fingerprint density at radius 1 is 1.30 bits per heavy atom. The van der Waals surface area contributed by atoms with Gasteiger partial charge in [0.1, 0.15) is 0 Å². The van der Waals surface area contributed by atoms with Gasteiger partial charge in [0, 0.05) is 45.2 Å². The van der Waals surface area contributed by atoms with Crippen LogP contribution in [0.2, 0.25) is 0 Å². The minimum absolute atomic E-state index is 0.212. The van der Waals surface area contributed by atoms with Gasteiger partial charge in [-0.05, 0) is 31.2 Å². The number of nitrogens with one attached hydrogen (secondary N) is 2. The molecule has 8 heteroatoms. The van der Waals surface area contributed by atoms with Gasteiger partial charge >= 0.3 is 0 Å². The molecule has 2 heterocycles. The van der Waals surface area contributed by atoms with E-state index in [-0.39, 0.29) is 11.3 Å². The number of hydrogen-bond donors (Lipinski definition) is 2. The molecule has 3 rings (SSSR count). The van der Waals surface area contributed by atoms with E-state index in [9.17, 15) is 4.79 Å². The van der Waals surface area contributed by atoms with Crippen molar-refractivity contribution in [2.75, 3.05) is 60.0 Å². The molecule has 0 radical (unpaired) electrons. The maximum atomic E-state index is 12.9. The Morgan fingerprint density at radius 2 is 2.03 bits per heavy atom. The van der Waals surface area contributed by atoms with Crippen molar-refractivity contribution in [3.8, 4) is 0 Å². The van der Waals surface area contributed by atoms with Crippen molar-refractivity contribution in [2.24, 2.45) is 10.4 Å². The number of amides is 1.